The minimum atomic E-state index is 0.486. The molecule has 0 saturated carbocycles. The van der Waals surface area contributed by atoms with Gasteiger partial charge in [-0.25, -0.2) is 9.97 Å². The maximum absolute atomic E-state index is 4.37. The summed E-state index contributed by atoms with van der Waals surface area (Å²) in [6.07, 6.45) is 6.71. The third kappa shape index (κ3) is 1.30. The second-order valence-electron chi connectivity index (χ2n) is 3.29. The van der Waals surface area contributed by atoms with E-state index < -0.39 is 0 Å². The van der Waals surface area contributed by atoms with Crippen LogP contribution >= 0.6 is 0 Å². The zero-order chi connectivity index (χ0) is 9.26. The lowest BCUT2D eigenvalue weighted by atomic mass is 10.1. The monoisotopic (exact) mass is 175 g/mol. The molecule has 0 aromatic carbocycles. The molecule has 0 N–H and O–H groups in total. The van der Waals surface area contributed by atoms with Crippen molar-refractivity contribution >= 4 is 5.65 Å². The molecule has 2 rings (SSSR count). The SMILES string of the molecule is CCC(C)c1ncn2cccnc12. The first-order valence-electron chi connectivity index (χ1n) is 4.60. The number of hydrogen-bond donors (Lipinski definition) is 0. The van der Waals surface area contributed by atoms with Gasteiger partial charge in [-0.1, -0.05) is 13.8 Å². The van der Waals surface area contributed by atoms with Crippen molar-refractivity contribution in [2.45, 2.75) is 26.2 Å². The number of nitrogens with zero attached hydrogens (tertiary/aromatic N) is 3. The summed E-state index contributed by atoms with van der Waals surface area (Å²) in [7, 11) is 0. The number of rotatable bonds is 2. The summed E-state index contributed by atoms with van der Waals surface area (Å²) in [6.45, 7) is 4.34. The Morgan fingerprint density at radius 1 is 1.46 bits per heavy atom. The molecule has 3 nitrogen and oxygen atoms in total. The highest BCUT2D eigenvalue weighted by atomic mass is 15.0. The fourth-order valence-electron chi connectivity index (χ4n) is 1.40. The van der Waals surface area contributed by atoms with E-state index in [0.717, 1.165) is 17.8 Å². The molecule has 0 amide bonds. The molecule has 2 aromatic rings. The Bertz CT molecular complexity index is 405. The molecule has 0 fully saturated rings. The maximum Gasteiger partial charge on any atom is 0.159 e. The van der Waals surface area contributed by atoms with Crippen molar-refractivity contribution in [2.24, 2.45) is 0 Å². The Labute approximate surface area is 77.4 Å². The summed E-state index contributed by atoms with van der Waals surface area (Å²) in [6, 6.07) is 1.91. The Kier molecular flexibility index (Phi) is 2.00. The van der Waals surface area contributed by atoms with Crippen LogP contribution in [0.15, 0.2) is 24.8 Å². The number of hydrogen-bond acceptors (Lipinski definition) is 2. The molecule has 0 saturated heterocycles. The quantitative estimate of drug-likeness (QED) is 0.700. The van der Waals surface area contributed by atoms with E-state index in [1.807, 2.05) is 29.2 Å². The van der Waals surface area contributed by atoms with Crippen LogP contribution in [0.1, 0.15) is 31.9 Å². The van der Waals surface area contributed by atoms with Crippen molar-refractivity contribution < 1.29 is 0 Å². The minimum absolute atomic E-state index is 0.486. The van der Waals surface area contributed by atoms with E-state index in [1.165, 1.54) is 0 Å². The van der Waals surface area contributed by atoms with Crippen molar-refractivity contribution in [3.05, 3.63) is 30.5 Å². The zero-order valence-electron chi connectivity index (χ0n) is 7.94. The lowest BCUT2D eigenvalue weighted by Crippen LogP contribution is -1.94. The van der Waals surface area contributed by atoms with E-state index in [9.17, 15) is 0 Å². The van der Waals surface area contributed by atoms with Crippen LogP contribution in [0.25, 0.3) is 5.65 Å². The predicted octanol–water partition coefficient (Wildman–Crippen LogP) is 2.24. The van der Waals surface area contributed by atoms with E-state index >= 15 is 0 Å². The van der Waals surface area contributed by atoms with Gasteiger partial charge in [0.25, 0.3) is 0 Å². The first-order valence-corrected chi connectivity index (χ1v) is 4.60. The van der Waals surface area contributed by atoms with Crippen molar-refractivity contribution in [2.75, 3.05) is 0 Å². The molecule has 0 aliphatic rings. The van der Waals surface area contributed by atoms with Crippen LogP contribution in [0.5, 0.6) is 0 Å². The predicted molar refractivity (Wildman–Crippen MR) is 51.7 cm³/mol. The molecule has 0 spiro atoms. The van der Waals surface area contributed by atoms with Crippen LogP contribution in [-0.4, -0.2) is 14.4 Å². The molecule has 0 radical (unpaired) electrons. The second-order valence-corrected chi connectivity index (χ2v) is 3.29. The molecule has 0 bridgehead atoms. The molecule has 1 unspecified atom stereocenters. The van der Waals surface area contributed by atoms with Gasteiger partial charge in [-0.2, -0.15) is 0 Å². The van der Waals surface area contributed by atoms with Gasteiger partial charge in [-0.05, 0) is 12.5 Å². The third-order valence-corrected chi connectivity index (χ3v) is 2.40. The standard InChI is InChI=1S/C10H13N3/c1-3-8(2)9-10-11-5-4-6-13(10)7-12-9/h4-8H,3H2,1-2H3. The van der Waals surface area contributed by atoms with Crippen molar-refractivity contribution in [3.63, 3.8) is 0 Å². The molecule has 68 valence electrons. The molecular weight excluding hydrogens is 162 g/mol. The van der Waals surface area contributed by atoms with Crippen LogP contribution in [-0.2, 0) is 0 Å². The third-order valence-electron chi connectivity index (χ3n) is 2.40. The van der Waals surface area contributed by atoms with Crippen molar-refractivity contribution in [1.29, 1.82) is 0 Å². The van der Waals surface area contributed by atoms with E-state index in [4.69, 9.17) is 0 Å². The first-order chi connectivity index (χ1) is 6.33. The smallest absolute Gasteiger partial charge is 0.159 e. The van der Waals surface area contributed by atoms with Gasteiger partial charge in [-0.3, -0.25) is 4.40 Å². The fraction of sp³-hybridized carbons (Fsp3) is 0.400. The molecule has 2 aromatic heterocycles. The molecule has 3 heteroatoms. The lowest BCUT2D eigenvalue weighted by Gasteiger charge is -2.03. The van der Waals surface area contributed by atoms with Crippen LogP contribution in [0, 0.1) is 0 Å². The summed E-state index contributed by atoms with van der Waals surface area (Å²) in [5.74, 6) is 0.486. The summed E-state index contributed by atoms with van der Waals surface area (Å²) < 4.78 is 1.96. The van der Waals surface area contributed by atoms with Crippen LogP contribution in [0.4, 0.5) is 0 Å². The van der Waals surface area contributed by atoms with Gasteiger partial charge in [-0.15, -0.1) is 0 Å². The largest absolute Gasteiger partial charge is 0.290 e. The van der Waals surface area contributed by atoms with E-state index in [2.05, 4.69) is 23.8 Å². The Morgan fingerprint density at radius 3 is 3.08 bits per heavy atom. The maximum atomic E-state index is 4.37. The highest BCUT2D eigenvalue weighted by Gasteiger charge is 2.10. The van der Waals surface area contributed by atoms with Gasteiger partial charge < -0.3 is 0 Å². The zero-order valence-corrected chi connectivity index (χ0v) is 7.94. The fourth-order valence-corrected chi connectivity index (χ4v) is 1.40. The molecule has 13 heavy (non-hydrogen) atoms. The minimum Gasteiger partial charge on any atom is -0.290 e. The molecule has 1 atom stereocenters. The summed E-state index contributed by atoms with van der Waals surface area (Å²) in [5, 5.41) is 0. The van der Waals surface area contributed by atoms with Gasteiger partial charge in [0, 0.05) is 18.3 Å². The van der Waals surface area contributed by atoms with Crippen molar-refractivity contribution in [3.8, 4) is 0 Å². The van der Waals surface area contributed by atoms with Crippen LogP contribution in [0.2, 0.25) is 0 Å². The van der Waals surface area contributed by atoms with Gasteiger partial charge in [0.15, 0.2) is 5.65 Å². The van der Waals surface area contributed by atoms with Gasteiger partial charge >= 0.3 is 0 Å². The number of imidazole rings is 1. The van der Waals surface area contributed by atoms with E-state index in [-0.39, 0.29) is 0 Å². The summed E-state index contributed by atoms with van der Waals surface area (Å²) in [5.41, 5.74) is 2.08. The second kappa shape index (κ2) is 3.17. The van der Waals surface area contributed by atoms with E-state index in [1.54, 1.807) is 0 Å². The molecular formula is C10H13N3. The Balaban J connectivity index is 2.57. The molecule has 0 aliphatic heterocycles. The van der Waals surface area contributed by atoms with Crippen LogP contribution < -0.4 is 0 Å². The molecule has 0 aliphatic carbocycles. The van der Waals surface area contributed by atoms with Crippen molar-refractivity contribution in [1.82, 2.24) is 14.4 Å². The highest BCUT2D eigenvalue weighted by Crippen LogP contribution is 2.19. The Hall–Kier alpha value is -1.38. The van der Waals surface area contributed by atoms with E-state index in [0.29, 0.717) is 5.92 Å². The average Bonchev–Trinajstić information content (AvgIpc) is 2.60. The topological polar surface area (TPSA) is 30.2 Å². The summed E-state index contributed by atoms with van der Waals surface area (Å²) in [4.78, 5) is 8.68. The summed E-state index contributed by atoms with van der Waals surface area (Å²) >= 11 is 0. The first kappa shape index (κ1) is 8.23. The normalized spacial score (nSPS) is 13.4. The average molecular weight is 175 g/mol. The molecule has 2 heterocycles. The highest BCUT2D eigenvalue weighted by molar-refractivity contribution is 5.45. The number of fused-ring (bicyclic) bond motifs is 1. The van der Waals surface area contributed by atoms with Gasteiger partial charge in [0.05, 0.1) is 5.69 Å². The van der Waals surface area contributed by atoms with Gasteiger partial charge in [0.1, 0.15) is 6.33 Å². The Morgan fingerprint density at radius 2 is 2.31 bits per heavy atom. The number of aromatic nitrogens is 3. The van der Waals surface area contributed by atoms with Gasteiger partial charge in [0.2, 0.25) is 0 Å². The van der Waals surface area contributed by atoms with Crippen LogP contribution in [0.3, 0.4) is 0 Å². The lowest BCUT2D eigenvalue weighted by molar-refractivity contribution is 0.717.